The van der Waals surface area contributed by atoms with E-state index < -0.39 is 0 Å². The summed E-state index contributed by atoms with van der Waals surface area (Å²) in [5.74, 6) is 3.50. The molecule has 0 atom stereocenters. The summed E-state index contributed by atoms with van der Waals surface area (Å²) >= 11 is 0. The van der Waals surface area contributed by atoms with Crippen LogP contribution in [0.1, 0.15) is 61.9 Å². The van der Waals surface area contributed by atoms with Crippen LogP contribution >= 0.6 is 0 Å². The highest BCUT2D eigenvalue weighted by molar-refractivity contribution is 5.42. The fourth-order valence-corrected chi connectivity index (χ4v) is 2.76. The first-order valence-corrected chi connectivity index (χ1v) is 6.09. The predicted molar refractivity (Wildman–Crippen MR) is 60.8 cm³/mol. The second kappa shape index (κ2) is 3.26. The monoisotopic (exact) mass is 205 g/mol. The third-order valence-electron chi connectivity index (χ3n) is 3.89. The minimum Gasteiger partial charge on any atom is -0.384 e. The van der Waals surface area contributed by atoms with E-state index in [1.807, 2.05) is 0 Å². The van der Waals surface area contributed by atoms with Crippen LogP contribution in [0, 0.1) is 0 Å². The molecule has 0 saturated heterocycles. The molecule has 0 bridgehead atoms. The maximum absolute atomic E-state index is 6.11. The lowest BCUT2D eigenvalue weighted by molar-refractivity contribution is 0.634. The fraction of sp³-hybridized carbons (Fsp3) is 0.750. The zero-order valence-electron chi connectivity index (χ0n) is 9.37. The van der Waals surface area contributed by atoms with Gasteiger partial charge in [0.1, 0.15) is 11.6 Å². The number of imidazole rings is 1. The van der Waals surface area contributed by atoms with E-state index in [1.165, 1.54) is 50.0 Å². The van der Waals surface area contributed by atoms with E-state index in [2.05, 4.69) is 11.6 Å². The molecule has 2 aliphatic rings. The summed E-state index contributed by atoms with van der Waals surface area (Å²) in [6, 6.07) is 0. The molecule has 0 aliphatic heterocycles. The van der Waals surface area contributed by atoms with E-state index in [-0.39, 0.29) is 0 Å². The first-order valence-electron chi connectivity index (χ1n) is 6.09. The Balaban J connectivity index is 1.96. The highest BCUT2D eigenvalue weighted by Gasteiger charge is 2.32. The van der Waals surface area contributed by atoms with Gasteiger partial charge in [0.15, 0.2) is 0 Å². The van der Waals surface area contributed by atoms with Gasteiger partial charge in [-0.1, -0.05) is 12.8 Å². The molecule has 0 radical (unpaired) electrons. The Labute approximate surface area is 90.7 Å². The quantitative estimate of drug-likeness (QED) is 0.806. The van der Waals surface area contributed by atoms with Crippen molar-refractivity contribution in [2.45, 2.75) is 50.4 Å². The smallest absolute Gasteiger partial charge is 0.126 e. The Morgan fingerprint density at radius 3 is 2.40 bits per heavy atom. The largest absolute Gasteiger partial charge is 0.384 e. The standard InChI is InChI=1S/C12H19N3/c1-15-11(13)10(8-6-7-8)14-12(15)9-4-2-3-5-9/h8-9H,2-7,13H2,1H3. The van der Waals surface area contributed by atoms with E-state index in [1.54, 1.807) is 0 Å². The second-order valence-electron chi connectivity index (χ2n) is 5.06. The lowest BCUT2D eigenvalue weighted by Crippen LogP contribution is -2.05. The first kappa shape index (κ1) is 9.25. The van der Waals surface area contributed by atoms with Gasteiger partial charge in [0.2, 0.25) is 0 Å². The number of hydrogen-bond donors (Lipinski definition) is 1. The highest BCUT2D eigenvalue weighted by atomic mass is 15.1. The van der Waals surface area contributed by atoms with Crippen molar-refractivity contribution in [2.24, 2.45) is 7.05 Å². The molecule has 0 spiro atoms. The van der Waals surface area contributed by atoms with E-state index in [9.17, 15) is 0 Å². The van der Waals surface area contributed by atoms with Gasteiger partial charge in [0, 0.05) is 18.9 Å². The summed E-state index contributed by atoms with van der Waals surface area (Å²) in [7, 11) is 2.07. The van der Waals surface area contributed by atoms with Crippen LogP contribution in [0.2, 0.25) is 0 Å². The molecule has 0 amide bonds. The van der Waals surface area contributed by atoms with Gasteiger partial charge in [-0.2, -0.15) is 0 Å². The topological polar surface area (TPSA) is 43.8 Å². The summed E-state index contributed by atoms with van der Waals surface area (Å²) in [5, 5.41) is 0. The Bertz CT molecular complexity index is 370. The van der Waals surface area contributed by atoms with Crippen molar-refractivity contribution in [3.05, 3.63) is 11.5 Å². The number of hydrogen-bond acceptors (Lipinski definition) is 2. The Kier molecular flexibility index (Phi) is 2.01. The molecule has 3 heteroatoms. The van der Waals surface area contributed by atoms with Crippen molar-refractivity contribution in [3.63, 3.8) is 0 Å². The molecule has 2 fully saturated rings. The lowest BCUT2D eigenvalue weighted by atomic mass is 10.1. The average Bonchev–Trinajstić information content (AvgIpc) is 2.84. The maximum Gasteiger partial charge on any atom is 0.126 e. The van der Waals surface area contributed by atoms with Gasteiger partial charge in [-0.05, 0) is 25.7 Å². The maximum atomic E-state index is 6.11. The van der Waals surface area contributed by atoms with Crippen LogP contribution in [-0.2, 0) is 7.05 Å². The third-order valence-corrected chi connectivity index (χ3v) is 3.89. The van der Waals surface area contributed by atoms with Crippen molar-refractivity contribution in [2.75, 3.05) is 5.73 Å². The Morgan fingerprint density at radius 2 is 1.80 bits per heavy atom. The number of aromatic nitrogens is 2. The van der Waals surface area contributed by atoms with E-state index in [4.69, 9.17) is 10.7 Å². The van der Waals surface area contributed by atoms with Gasteiger partial charge in [-0.3, -0.25) is 0 Å². The van der Waals surface area contributed by atoms with Crippen LogP contribution in [0.3, 0.4) is 0 Å². The van der Waals surface area contributed by atoms with Gasteiger partial charge < -0.3 is 10.3 Å². The molecule has 2 N–H and O–H groups in total. The molecule has 0 unspecified atom stereocenters. The molecule has 0 aromatic carbocycles. The number of nitrogen functional groups attached to an aromatic ring is 1. The molecule has 2 saturated carbocycles. The Hall–Kier alpha value is -0.990. The summed E-state index contributed by atoms with van der Waals surface area (Å²) in [6.07, 6.45) is 7.88. The van der Waals surface area contributed by atoms with Crippen LogP contribution in [0.25, 0.3) is 0 Å². The fourth-order valence-electron chi connectivity index (χ4n) is 2.76. The van der Waals surface area contributed by atoms with Crippen LogP contribution in [0.5, 0.6) is 0 Å². The zero-order chi connectivity index (χ0) is 10.4. The highest BCUT2D eigenvalue weighted by Crippen LogP contribution is 2.44. The molecule has 3 rings (SSSR count). The second-order valence-corrected chi connectivity index (χ2v) is 5.06. The van der Waals surface area contributed by atoms with Crippen molar-refractivity contribution in [3.8, 4) is 0 Å². The summed E-state index contributed by atoms with van der Waals surface area (Å²) in [4.78, 5) is 4.79. The normalized spacial score (nSPS) is 22.5. The van der Waals surface area contributed by atoms with Crippen molar-refractivity contribution >= 4 is 5.82 Å². The molecule has 82 valence electrons. The molecule has 1 aromatic rings. The van der Waals surface area contributed by atoms with Gasteiger partial charge in [-0.25, -0.2) is 4.98 Å². The van der Waals surface area contributed by atoms with Gasteiger partial charge in [0.05, 0.1) is 5.69 Å². The Morgan fingerprint density at radius 1 is 1.13 bits per heavy atom. The van der Waals surface area contributed by atoms with Gasteiger partial charge in [0.25, 0.3) is 0 Å². The van der Waals surface area contributed by atoms with E-state index >= 15 is 0 Å². The average molecular weight is 205 g/mol. The van der Waals surface area contributed by atoms with Gasteiger partial charge >= 0.3 is 0 Å². The zero-order valence-corrected chi connectivity index (χ0v) is 9.37. The van der Waals surface area contributed by atoms with Crippen LogP contribution in [-0.4, -0.2) is 9.55 Å². The van der Waals surface area contributed by atoms with Gasteiger partial charge in [-0.15, -0.1) is 0 Å². The molecule has 1 heterocycles. The number of nitrogens with two attached hydrogens (primary N) is 1. The van der Waals surface area contributed by atoms with Crippen LogP contribution in [0.4, 0.5) is 5.82 Å². The molecular weight excluding hydrogens is 186 g/mol. The van der Waals surface area contributed by atoms with Crippen molar-refractivity contribution in [1.29, 1.82) is 0 Å². The summed E-state index contributed by atoms with van der Waals surface area (Å²) in [5.41, 5.74) is 7.29. The molecule has 2 aliphatic carbocycles. The summed E-state index contributed by atoms with van der Waals surface area (Å²) in [6.45, 7) is 0. The number of nitrogens with zero attached hydrogens (tertiary/aromatic N) is 2. The van der Waals surface area contributed by atoms with Crippen LogP contribution in [0.15, 0.2) is 0 Å². The minimum atomic E-state index is 0.671. The first-order chi connectivity index (χ1) is 7.27. The molecule has 1 aromatic heterocycles. The third kappa shape index (κ3) is 1.45. The number of anilines is 1. The van der Waals surface area contributed by atoms with E-state index in [0.717, 1.165) is 5.82 Å². The summed E-state index contributed by atoms with van der Waals surface area (Å²) < 4.78 is 2.13. The SMILES string of the molecule is Cn1c(C2CCCC2)nc(C2CC2)c1N. The minimum absolute atomic E-state index is 0.671. The number of rotatable bonds is 2. The molecule has 3 nitrogen and oxygen atoms in total. The molecular formula is C12H19N3. The van der Waals surface area contributed by atoms with E-state index in [0.29, 0.717) is 11.8 Å². The lowest BCUT2D eigenvalue weighted by Gasteiger charge is -2.08. The van der Waals surface area contributed by atoms with Crippen molar-refractivity contribution in [1.82, 2.24) is 9.55 Å². The van der Waals surface area contributed by atoms with Crippen LogP contribution < -0.4 is 5.73 Å². The van der Waals surface area contributed by atoms with Crippen molar-refractivity contribution < 1.29 is 0 Å². The predicted octanol–water partition coefficient (Wildman–Crippen LogP) is 2.54. The molecule has 15 heavy (non-hydrogen) atoms.